The van der Waals surface area contributed by atoms with E-state index < -0.39 is 0 Å². The lowest BCUT2D eigenvalue weighted by molar-refractivity contribution is 0.0954. The van der Waals surface area contributed by atoms with E-state index in [1.54, 1.807) is 25.3 Å². The molecule has 0 atom stereocenters. The molecule has 0 unspecified atom stereocenters. The van der Waals surface area contributed by atoms with E-state index in [0.717, 1.165) is 6.42 Å². The van der Waals surface area contributed by atoms with E-state index in [9.17, 15) is 4.79 Å². The Morgan fingerprint density at radius 1 is 1.47 bits per heavy atom. The Bertz CT molecular complexity index is 414. The maximum absolute atomic E-state index is 11.8. The van der Waals surface area contributed by atoms with Gasteiger partial charge in [-0.15, -0.1) is 0 Å². The number of nitrogens with one attached hydrogen (secondary N) is 1. The third-order valence-corrected chi connectivity index (χ3v) is 2.26. The summed E-state index contributed by atoms with van der Waals surface area (Å²) in [5.41, 5.74) is 6.71. The molecule has 0 spiro atoms. The van der Waals surface area contributed by atoms with Crippen LogP contribution in [0.15, 0.2) is 30.4 Å². The van der Waals surface area contributed by atoms with Crippen molar-refractivity contribution in [2.24, 2.45) is 0 Å². The molecule has 0 aliphatic carbocycles. The van der Waals surface area contributed by atoms with Gasteiger partial charge in [0, 0.05) is 23.9 Å². The highest BCUT2D eigenvalue weighted by Crippen LogP contribution is 2.18. The van der Waals surface area contributed by atoms with Gasteiger partial charge in [-0.3, -0.25) is 4.79 Å². The minimum Gasteiger partial charge on any atom is -0.497 e. The number of hydrogen-bond acceptors (Lipinski definition) is 3. The summed E-state index contributed by atoms with van der Waals surface area (Å²) >= 11 is 0. The maximum Gasteiger partial charge on any atom is 0.251 e. The summed E-state index contributed by atoms with van der Waals surface area (Å²) in [6.07, 6.45) is 4.78. The van der Waals surface area contributed by atoms with Crippen LogP contribution in [0.5, 0.6) is 5.75 Å². The zero-order valence-corrected chi connectivity index (χ0v) is 10.2. The number of methoxy groups -OCH3 is 1. The summed E-state index contributed by atoms with van der Waals surface area (Å²) in [5, 5.41) is 2.81. The van der Waals surface area contributed by atoms with Crippen molar-refractivity contribution in [1.82, 2.24) is 5.32 Å². The SMILES string of the molecule is C/C=C/CCNC(=O)c1cc(N)cc(OC)c1. The van der Waals surface area contributed by atoms with Crippen molar-refractivity contribution >= 4 is 11.6 Å². The third kappa shape index (κ3) is 4.18. The molecule has 0 fully saturated rings. The highest BCUT2D eigenvalue weighted by atomic mass is 16.5. The number of nitrogens with two attached hydrogens (primary N) is 1. The zero-order chi connectivity index (χ0) is 12.7. The van der Waals surface area contributed by atoms with Gasteiger partial charge in [0.25, 0.3) is 5.91 Å². The van der Waals surface area contributed by atoms with Crippen molar-refractivity contribution in [3.63, 3.8) is 0 Å². The summed E-state index contributed by atoms with van der Waals surface area (Å²) in [6.45, 7) is 2.56. The lowest BCUT2D eigenvalue weighted by atomic mass is 10.1. The average Bonchev–Trinajstić information content (AvgIpc) is 2.33. The van der Waals surface area contributed by atoms with Crippen LogP contribution in [0.1, 0.15) is 23.7 Å². The van der Waals surface area contributed by atoms with Crippen LogP contribution in [0.4, 0.5) is 5.69 Å². The van der Waals surface area contributed by atoms with Crippen LogP contribution in [-0.2, 0) is 0 Å². The smallest absolute Gasteiger partial charge is 0.251 e. The Morgan fingerprint density at radius 3 is 2.88 bits per heavy atom. The Labute approximate surface area is 101 Å². The van der Waals surface area contributed by atoms with Crippen molar-refractivity contribution in [2.45, 2.75) is 13.3 Å². The average molecular weight is 234 g/mol. The fraction of sp³-hybridized carbons (Fsp3) is 0.308. The number of rotatable bonds is 5. The lowest BCUT2D eigenvalue weighted by Gasteiger charge is -2.07. The van der Waals surface area contributed by atoms with E-state index in [2.05, 4.69) is 5.32 Å². The van der Waals surface area contributed by atoms with Gasteiger partial charge in [-0.1, -0.05) is 12.2 Å². The number of ether oxygens (including phenoxy) is 1. The number of carbonyl (C=O) groups excluding carboxylic acids is 1. The maximum atomic E-state index is 11.8. The topological polar surface area (TPSA) is 64.4 Å². The summed E-state index contributed by atoms with van der Waals surface area (Å²) in [6, 6.07) is 4.98. The standard InChI is InChI=1S/C13H18N2O2/c1-3-4-5-6-15-13(16)10-7-11(14)9-12(8-10)17-2/h3-4,7-9H,5-6,14H2,1-2H3,(H,15,16)/b4-3+. The van der Waals surface area contributed by atoms with Crippen molar-refractivity contribution in [1.29, 1.82) is 0 Å². The first-order chi connectivity index (χ1) is 8.17. The van der Waals surface area contributed by atoms with Crippen LogP contribution >= 0.6 is 0 Å². The Hall–Kier alpha value is -1.97. The molecule has 0 aliphatic rings. The number of amides is 1. The number of allylic oxidation sites excluding steroid dienone is 1. The van der Waals surface area contributed by atoms with E-state index in [0.29, 0.717) is 23.5 Å². The predicted molar refractivity (Wildman–Crippen MR) is 69.2 cm³/mol. The molecule has 1 aromatic carbocycles. The molecule has 0 aromatic heterocycles. The Morgan fingerprint density at radius 2 is 2.24 bits per heavy atom. The minimum absolute atomic E-state index is 0.139. The van der Waals surface area contributed by atoms with Gasteiger partial charge >= 0.3 is 0 Å². The van der Waals surface area contributed by atoms with Gasteiger partial charge in [0.05, 0.1) is 7.11 Å². The van der Waals surface area contributed by atoms with Crippen LogP contribution in [-0.4, -0.2) is 19.6 Å². The second kappa shape index (κ2) is 6.58. The molecule has 17 heavy (non-hydrogen) atoms. The summed E-state index contributed by atoms with van der Waals surface area (Å²) in [4.78, 5) is 11.8. The van der Waals surface area contributed by atoms with Gasteiger partial charge in [0.15, 0.2) is 0 Å². The van der Waals surface area contributed by atoms with Gasteiger partial charge in [-0.05, 0) is 25.5 Å². The molecule has 92 valence electrons. The molecule has 1 amide bonds. The summed E-state index contributed by atoms with van der Waals surface area (Å²) in [5.74, 6) is 0.448. The molecule has 1 rings (SSSR count). The van der Waals surface area contributed by atoms with E-state index in [1.165, 1.54) is 0 Å². The second-order valence-electron chi connectivity index (χ2n) is 3.61. The molecule has 0 heterocycles. The van der Waals surface area contributed by atoms with Crippen molar-refractivity contribution in [2.75, 3.05) is 19.4 Å². The van der Waals surface area contributed by atoms with Crippen LogP contribution in [0.2, 0.25) is 0 Å². The highest BCUT2D eigenvalue weighted by molar-refractivity contribution is 5.95. The van der Waals surface area contributed by atoms with E-state index >= 15 is 0 Å². The highest BCUT2D eigenvalue weighted by Gasteiger charge is 2.07. The fourth-order valence-corrected chi connectivity index (χ4v) is 1.41. The molecule has 0 saturated heterocycles. The number of benzene rings is 1. The van der Waals surface area contributed by atoms with E-state index in [-0.39, 0.29) is 5.91 Å². The first-order valence-corrected chi connectivity index (χ1v) is 5.51. The zero-order valence-electron chi connectivity index (χ0n) is 10.2. The predicted octanol–water partition coefficient (Wildman–Crippen LogP) is 1.97. The first kappa shape index (κ1) is 13.1. The molecule has 1 aromatic rings. The number of nitrogen functional groups attached to an aromatic ring is 1. The molecule has 0 aliphatic heterocycles. The minimum atomic E-state index is -0.139. The molecule has 4 heteroatoms. The van der Waals surface area contributed by atoms with Crippen LogP contribution in [0.3, 0.4) is 0 Å². The number of carbonyl (C=O) groups is 1. The summed E-state index contributed by atoms with van der Waals surface area (Å²) < 4.78 is 5.06. The van der Waals surface area contributed by atoms with Gasteiger partial charge in [0.1, 0.15) is 5.75 Å². The molecule has 4 nitrogen and oxygen atoms in total. The lowest BCUT2D eigenvalue weighted by Crippen LogP contribution is -2.24. The van der Waals surface area contributed by atoms with E-state index in [4.69, 9.17) is 10.5 Å². The largest absolute Gasteiger partial charge is 0.497 e. The van der Waals surface area contributed by atoms with Crippen LogP contribution < -0.4 is 15.8 Å². The third-order valence-electron chi connectivity index (χ3n) is 2.26. The number of hydrogen-bond donors (Lipinski definition) is 2. The second-order valence-corrected chi connectivity index (χ2v) is 3.61. The molecule has 3 N–H and O–H groups in total. The first-order valence-electron chi connectivity index (χ1n) is 5.51. The monoisotopic (exact) mass is 234 g/mol. The quantitative estimate of drug-likeness (QED) is 0.465. The van der Waals surface area contributed by atoms with Gasteiger partial charge < -0.3 is 15.8 Å². The molecule has 0 saturated carbocycles. The van der Waals surface area contributed by atoms with Crippen LogP contribution in [0.25, 0.3) is 0 Å². The molecular weight excluding hydrogens is 216 g/mol. The Kier molecular flexibility index (Phi) is 5.07. The molecule has 0 radical (unpaired) electrons. The summed E-state index contributed by atoms with van der Waals surface area (Å²) in [7, 11) is 1.54. The number of anilines is 1. The van der Waals surface area contributed by atoms with Gasteiger partial charge in [0.2, 0.25) is 0 Å². The van der Waals surface area contributed by atoms with Crippen molar-refractivity contribution in [3.8, 4) is 5.75 Å². The Balaban J connectivity index is 2.65. The molecule has 0 bridgehead atoms. The normalized spacial score (nSPS) is 10.5. The van der Waals surface area contributed by atoms with Gasteiger partial charge in [-0.25, -0.2) is 0 Å². The van der Waals surface area contributed by atoms with Gasteiger partial charge in [-0.2, -0.15) is 0 Å². The molecular formula is C13H18N2O2. The van der Waals surface area contributed by atoms with Crippen molar-refractivity contribution < 1.29 is 9.53 Å². The van der Waals surface area contributed by atoms with Crippen molar-refractivity contribution in [3.05, 3.63) is 35.9 Å². The van der Waals surface area contributed by atoms with Crippen LogP contribution in [0, 0.1) is 0 Å². The van der Waals surface area contributed by atoms with E-state index in [1.807, 2.05) is 19.1 Å². The fourth-order valence-electron chi connectivity index (χ4n) is 1.41.